The quantitative estimate of drug-likeness (QED) is 0.693. The van der Waals surface area contributed by atoms with E-state index in [1.807, 2.05) is 54.6 Å². The summed E-state index contributed by atoms with van der Waals surface area (Å²) in [4.78, 5) is 26.0. The molecule has 2 aromatic rings. The second kappa shape index (κ2) is 8.79. The van der Waals surface area contributed by atoms with Crippen molar-refractivity contribution in [1.29, 1.82) is 0 Å². The number of carbonyl (C=O) groups excluding carboxylic acids is 2. The number of nitrogens with one attached hydrogen (secondary N) is 1. The molecule has 1 saturated heterocycles. The number of benzene rings is 2. The number of nitrogens with two attached hydrogens (primary N) is 2. The molecule has 6 nitrogen and oxygen atoms in total. The van der Waals surface area contributed by atoms with Gasteiger partial charge in [0, 0.05) is 12.2 Å². The van der Waals surface area contributed by atoms with Gasteiger partial charge in [-0.05, 0) is 49.1 Å². The van der Waals surface area contributed by atoms with Crippen LogP contribution in [0.1, 0.15) is 24.0 Å². The largest absolute Gasteiger partial charge is 0.368 e. The van der Waals surface area contributed by atoms with Gasteiger partial charge in [-0.3, -0.25) is 14.5 Å². The molecule has 1 fully saturated rings. The first-order valence-corrected chi connectivity index (χ1v) is 9.25. The molecule has 0 bridgehead atoms. The van der Waals surface area contributed by atoms with Gasteiger partial charge in [0.1, 0.15) is 0 Å². The topological polar surface area (TPSA) is 101 Å². The first-order valence-electron chi connectivity index (χ1n) is 9.25. The zero-order valence-corrected chi connectivity index (χ0v) is 15.3. The highest BCUT2D eigenvalue weighted by Crippen LogP contribution is 2.21. The minimum atomic E-state index is -0.617. The van der Waals surface area contributed by atoms with Crippen molar-refractivity contribution in [3.05, 3.63) is 65.7 Å². The van der Waals surface area contributed by atoms with E-state index >= 15 is 0 Å². The Hall–Kier alpha value is -2.70. The highest BCUT2D eigenvalue weighted by molar-refractivity contribution is 5.94. The molecule has 2 aromatic carbocycles. The van der Waals surface area contributed by atoms with Gasteiger partial charge >= 0.3 is 0 Å². The lowest BCUT2D eigenvalue weighted by molar-refractivity contribution is -0.122. The Morgan fingerprint density at radius 2 is 1.85 bits per heavy atom. The summed E-state index contributed by atoms with van der Waals surface area (Å²) < 4.78 is 0. The fourth-order valence-corrected chi connectivity index (χ4v) is 3.52. The van der Waals surface area contributed by atoms with Crippen molar-refractivity contribution in [1.82, 2.24) is 4.90 Å². The van der Waals surface area contributed by atoms with E-state index in [9.17, 15) is 9.59 Å². The predicted molar refractivity (Wildman–Crippen MR) is 106 cm³/mol. The molecule has 2 atom stereocenters. The third kappa shape index (κ3) is 5.15. The molecule has 0 aliphatic carbocycles. The molecular weight excluding hydrogens is 340 g/mol. The highest BCUT2D eigenvalue weighted by Gasteiger charge is 2.28. The van der Waals surface area contributed by atoms with Crippen LogP contribution in [0.4, 0.5) is 5.69 Å². The number of rotatable bonds is 7. The van der Waals surface area contributed by atoms with Crippen molar-refractivity contribution >= 4 is 17.5 Å². The zero-order valence-electron chi connectivity index (χ0n) is 15.3. The summed E-state index contributed by atoms with van der Waals surface area (Å²) in [5.41, 5.74) is 14.3. The average molecular weight is 366 g/mol. The number of hydrogen-bond acceptors (Lipinski definition) is 4. The summed E-state index contributed by atoms with van der Waals surface area (Å²) >= 11 is 0. The summed E-state index contributed by atoms with van der Waals surface area (Å²) in [5, 5.41) is 2.89. The van der Waals surface area contributed by atoms with Crippen LogP contribution in [0, 0.1) is 0 Å². The van der Waals surface area contributed by atoms with Crippen molar-refractivity contribution in [3.63, 3.8) is 0 Å². The van der Waals surface area contributed by atoms with Crippen LogP contribution in [-0.4, -0.2) is 35.3 Å². The van der Waals surface area contributed by atoms with Crippen LogP contribution in [-0.2, 0) is 22.6 Å². The van der Waals surface area contributed by atoms with Gasteiger partial charge in [-0.1, -0.05) is 42.5 Å². The number of nitrogens with zero attached hydrogens (tertiary/aromatic N) is 1. The first kappa shape index (κ1) is 19.1. The Morgan fingerprint density at radius 1 is 1.11 bits per heavy atom. The van der Waals surface area contributed by atoms with E-state index in [1.54, 1.807) is 0 Å². The molecular formula is C21H26N4O2. The Kier molecular flexibility index (Phi) is 6.21. The van der Waals surface area contributed by atoms with Crippen LogP contribution in [0.5, 0.6) is 0 Å². The van der Waals surface area contributed by atoms with Gasteiger partial charge in [0.15, 0.2) is 0 Å². The third-order valence-corrected chi connectivity index (χ3v) is 4.91. The van der Waals surface area contributed by atoms with E-state index in [-0.39, 0.29) is 17.9 Å². The average Bonchev–Trinajstić information content (AvgIpc) is 3.11. The molecule has 6 heteroatoms. The van der Waals surface area contributed by atoms with Crippen LogP contribution >= 0.6 is 0 Å². The molecule has 1 aliphatic heterocycles. The Balaban J connectivity index is 1.60. The van der Waals surface area contributed by atoms with Crippen molar-refractivity contribution in [2.24, 2.45) is 11.5 Å². The van der Waals surface area contributed by atoms with Crippen LogP contribution < -0.4 is 16.8 Å². The Morgan fingerprint density at radius 3 is 2.59 bits per heavy atom. The maximum Gasteiger partial charge on any atom is 0.241 e. The molecule has 142 valence electrons. The van der Waals surface area contributed by atoms with Crippen LogP contribution in [0.3, 0.4) is 0 Å². The van der Waals surface area contributed by atoms with Gasteiger partial charge in [0.2, 0.25) is 11.8 Å². The molecule has 2 unspecified atom stereocenters. The molecule has 0 spiro atoms. The van der Waals surface area contributed by atoms with Gasteiger partial charge in [-0.25, -0.2) is 0 Å². The summed E-state index contributed by atoms with van der Waals surface area (Å²) in [6.07, 6.45) is 2.26. The van der Waals surface area contributed by atoms with Crippen molar-refractivity contribution in [2.45, 2.75) is 37.9 Å². The van der Waals surface area contributed by atoms with E-state index in [4.69, 9.17) is 11.5 Å². The normalized spacial score (nSPS) is 18.2. The molecule has 0 saturated carbocycles. The van der Waals surface area contributed by atoms with Gasteiger partial charge in [0.25, 0.3) is 0 Å². The van der Waals surface area contributed by atoms with E-state index in [2.05, 4.69) is 10.2 Å². The zero-order chi connectivity index (χ0) is 19.2. The van der Waals surface area contributed by atoms with Crippen molar-refractivity contribution in [2.75, 3.05) is 11.9 Å². The fourth-order valence-electron chi connectivity index (χ4n) is 3.52. The van der Waals surface area contributed by atoms with Crippen LogP contribution in [0.2, 0.25) is 0 Å². The monoisotopic (exact) mass is 366 g/mol. The second-order valence-corrected chi connectivity index (χ2v) is 7.02. The van der Waals surface area contributed by atoms with Gasteiger partial charge in [-0.15, -0.1) is 0 Å². The van der Waals surface area contributed by atoms with Crippen molar-refractivity contribution < 1.29 is 9.59 Å². The number of amides is 2. The van der Waals surface area contributed by atoms with E-state index in [0.717, 1.165) is 30.5 Å². The summed E-state index contributed by atoms with van der Waals surface area (Å²) in [6, 6.07) is 16.5. The molecule has 27 heavy (non-hydrogen) atoms. The lowest BCUT2D eigenvalue weighted by atomic mass is 10.1. The summed E-state index contributed by atoms with van der Waals surface area (Å²) in [6.45, 7) is 1.49. The van der Waals surface area contributed by atoms with Crippen molar-refractivity contribution in [3.8, 4) is 0 Å². The molecule has 1 heterocycles. The minimum absolute atomic E-state index is 0.206. The molecule has 0 radical (unpaired) electrons. The highest BCUT2D eigenvalue weighted by atomic mass is 16.2. The number of likely N-dealkylation sites (tertiary alicyclic amines) is 1. The SMILES string of the molecule is NC(=O)C1CCCN1Cc1cccc(NC(=O)C(N)Cc2ccccc2)c1. The van der Waals surface area contributed by atoms with E-state index in [1.165, 1.54) is 0 Å². The predicted octanol–water partition coefficient (Wildman–Crippen LogP) is 1.64. The fraction of sp³-hybridized carbons (Fsp3) is 0.333. The maximum atomic E-state index is 12.4. The van der Waals surface area contributed by atoms with Crippen LogP contribution in [0.25, 0.3) is 0 Å². The number of hydrogen-bond donors (Lipinski definition) is 3. The molecule has 0 aromatic heterocycles. The molecule has 1 aliphatic rings. The van der Waals surface area contributed by atoms with Gasteiger partial charge in [-0.2, -0.15) is 0 Å². The lowest BCUT2D eigenvalue weighted by Gasteiger charge is -2.22. The Labute approximate surface area is 159 Å². The summed E-state index contributed by atoms with van der Waals surface area (Å²) in [7, 11) is 0. The molecule has 3 rings (SSSR count). The standard InChI is InChI=1S/C21H26N4O2/c22-18(13-15-6-2-1-3-7-15)21(27)24-17-9-4-8-16(12-17)14-25-11-5-10-19(25)20(23)26/h1-4,6-9,12,18-19H,5,10-11,13-14,22H2,(H2,23,26)(H,24,27). The minimum Gasteiger partial charge on any atom is -0.368 e. The molecule has 2 amide bonds. The lowest BCUT2D eigenvalue weighted by Crippen LogP contribution is -2.39. The Bertz CT molecular complexity index is 794. The van der Waals surface area contributed by atoms with Gasteiger partial charge in [0.05, 0.1) is 12.1 Å². The molecule has 5 N–H and O–H groups in total. The number of primary amides is 1. The number of anilines is 1. The summed E-state index contributed by atoms with van der Waals surface area (Å²) in [5.74, 6) is -0.490. The second-order valence-electron chi connectivity index (χ2n) is 7.02. The maximum absolute atomic E-state index is 12.4. The smallest absolute Gasteiger partial charge is 0.241 e. The third-order valence-electron chi connectivity index (χ3n) is 4.91. The van der Waals surface area contributed by atoms with E-state index < -0.39 is 6.04 Å². The first-order chi connectivity index (χ1) is 13.0. The van der Waals surface area contributed by atoms with Gasteiger partial charge < -0.3 is 16.8 Å². The van der Waals surface area contributed by atoms with Crippen LogP contribution in [0.15, 0.2) is 54.6 Å². The van der Waals surface area contributed by atoms with E-state index in [0.29, 0.717) is 18.7 Å². The number of carbonyl (C=O) groups is 2.